The fraction of sp³-hybridized carbons (Fsp3) is 0.188. The molecule has 0 radical (unpaired) electrons. The number of methoxy groups -OCH3 is 1. The van der Waals surface area contributed by atoms with E-state index in [0.29, 0.717) is 18.7 Å². The molecule has 110 valence electrons. The normalized spacial score (nSPS) is 10.4. The summed E-state index contributed by atoms with van der Waals surface area (Å²) in [6.45, 7) is 0.884. The van der Waals surface area contributed by atoms with Gasteiger partial charge in [-0.1, -0.05) is 34.1 Å². The Morgan fingerprint density at radius 2 is 1.95 bits per heavy atom. The van der Waals surface area contributed by atoms with Crippen molar-refractivity contribution in [2.75, 3.05) is 12.4 Å². The van der Waals surface area contributed by atoms with Gasteiger partial charge in [0.1, 0.15) is 0 Å². The predicted molar refractivity (Wildman–Crippen MR) is 87.1 cm³/mol. The molecule has 1 amide bonds. The molecule has 0 fully saturated rings. The Kier molecular flexibility index (Phi) is 5.50. The van der Waals surface area contributed by atoms with Gasteiger partial charge in [-0.2, -0.15) is 0 Å². The number of nitrogens with one attached hydrogen (secondary N) is 1. The van der Waals surface area contributed by atoms with Crippen molar-refractivity contribution >= 4 is 27.5 Å². The fourth-order valence-corrected chi connectivity index (χ4v) is 2.43. The van der Waals surface area contributed by atoms with Crippen molar-refractivity contribution in [1.82, 2.24) is 0 Å². The fourth-order valence-electron chi connectivity index (χ4n) is 1.95. The van der Waals surface area contributed by atoms with E-state index in [2.05, 4.69) is 21.2 Å². The minimum Gasteiger partial charge on any atom is -0.380 e. The van der Waals surface area contributed by atoms with Crippen LogP contribution in [0.15, 0.2) is 46.9 Å². The number of halogens is 1. The summed E-state index contributed by atoms with van der Waals surface area (Å²) in [6, 6.07) is 12.9. The molecule has 0 spiro atoms. The van der Waals surface area contributed by atoms with Crippen molar-refractivity contribution in [3.8, 4) is 0 Å². The average Bonchev–Trinajstić information content (AvgIpc) is 2.51. The van der Waals surface area contributed by atoms with Crippen LogP contribution >= 0.6 is 15.9 Å². The summed E-state index contributed by atoms with van der Waals surface area (Å²) in [6.07, 6.45) is 0. The summed E-state index contributed by atoms with van der Waals surface area (Å²) < 4.78 is 6.08. The molecule has 0 saturated carbocycles. The van der Waals surface area contributed by atoms with Crippen molar-refractivity contribution in [1.29, 1.82) is 0 Å². The Labute approximate surface area is 132 Å². The molecule has 0 saturated heterocycles. The molecule has 21 heavy (non-hydrogen) atoms. The first-order valence-corrected chi connectivity index (χ1v) is 7.31. The minimum atomic E-state index is -0.158. The van der Waals surface area contributed by atoms with Crippen molar-refractivity contribution in [3.63, 3.8) is 0 Å². The van der Waals surface area contributed by atoms with Gasteiger partial charge in [-0.05, 0) is 29.8 Å². The summed E-state index contributed by atoms with van der Waals surface area (Å²) in [5, 5.41) is 2.91. The number of ether oxygens (including phenoxy) is 1. The third kappa shape index (κ3) is 3.91. The molecular formula is C16H17BrN2O2. The number of anilines is 1. The maximum Gasteiger partial charge on any atom is 0.255 e. The molecule has 0 aliphatic heterocycles. The van der Waals surface area contributed by atoms with Crippen LogP contribution < -0.4 is 11.1 Å². The van der Waals surface area contributed by atoms with Gasteiger partial charge in [0, 0.05) is 34.9 Å². The monoisotopic (exact) mass is 348 g/mol. The highest BCUT2D eigenvalue weighted by molar-refractivity contribution is 9.10. The first-order valence-electron chi connectivity index (χ1n) is 6.52. The largest absolute Gasteiger partial charge is 0.380 e. The van der Waals surface area contributed by atoms with E-state index in [9.17, 15) is 4.79 Å². The molecule has 0 bridgehead atoms. The second kappa shape index (κ2) is 7.36. The standard InChI is InChI=1S/C16H17BrN2O2/c1-21-10-13-14(17)3-2-4-15(13)19-16(20)12-7-5-11(9-18)6-8-12/h2-8H,9-10,18H2,1H3,(H,19,20). The second-order valence-corrected chi connectivity index (χ2v) is 5.41. The third-order valence-electron chi connectivity index (χ3n) is 3.11. The number of rotatable bonds is 5. The van der Waals surface area contributed by atoms with E-state index in [0.717, 1.165) is 21.3 Å². The number of nitrogens with two attached hydrogens (primary N) is 1. The zero-order chi connectivity index (χ0) is 15.2. The van der Waals surface area contributed by atoms with Crippen LogP contribution in [0.25, 0.3) is 0 Å². The number of benzene rings is 2. The highest BCUT2D eigenvalue weighted by Gasteiger charge is 2.11. The molecule has 0 unspecified atom stereocenters. The van der Waals surface area contributed by atoms with E-state index in [1.165, 1.54) is 0 Å². The van der Waals surface area contributed by atoms with E-state index >= 15 is 0 Å². The van der Waals surface area contributed by atoms with Gasteiger partial charge < -0.3 is 15.8 Å². The molecule has 5 heteroatoms. The highest BCUT2D eigenvalue weighted by atomic mass is 79.9. The lowest BCUT2D eigenvalue weighted by Crippen LogP contribution is -2.14. The van der Waals surface area contributed by atoms with Gasteiger partial charge in [0.25, 0.3) is 5.91 Å². The molecule has 0 aliphatic rings. The summed E-state index contributed by atoms with van der Waals surface area (Å²) in [7, 11) is 1.62. The molecule has 0 heterocycles. The summed E-state index contributed by atoms with van der Waals surface area (Å²) >= 11 is 3.47. The van der Waals surface area contributed by atoms with Crippen LogP contribution in [-0.4, -0.2) is 13.0 Å². The van der Waals surface area contributed by atoms with Crippen molar-refractivity contribution in [2.45, 2.75) is 13.2 Å². The lowest BCUT2D eigenvalue weighted by Gasteiger charge is -2.12. The first-order chi connectivity index (χ1) is 10.2. The van der Waals surface area contributed by atoms with Crippen molar-refractivity contribution in [2.24, 2.45) is 5.73 Å². The molecule has 2 rings (SSSR count). The van der Waals surface area contributed by atoms with E-state index in [1.807, 2.05) is 30.3 Å². The maximum absolute atomic E-state index is 12.3. The van der Waals surface area contributed by atoms with Gasteiger partial charge >= 0.3 is 0 Å². The van der Waals surface area contributed by atoms with Gasteiger partial charge in [0.15, 0.2) is 0 Å². The zero-order valence-electron chi connectivity index (χ0n) is 11.7. The summed E-state index contributed by atoms with van der Waals surface area (Å²) in [5.41, 5.74) is 8.78. The van der Waals surface area contributed by atoms with E-state index < -0.39 is 0 Å². The molecule has 2 aromatic rings. The number of amides is 1. The predicted octanol–water partition coefficient (Wildman–Crippen LogP) is 3.31. The number of hydrogen-bond donors (Lipinski definition) is 2. The second-order valence-electron chi connectivity index (χ2n) is 4.55. The van der Waals surface area contributed by atoms with Crippen molar-refractivity contribution in [3.05, 3.63) is 63.6 Å². The first kappa shape index (κ1) is 15.7. The van der Waals surface area contributed by atoms with Gasteiger partial charge in [-0.15, -0.1) is 0 Å². The highest BCUT2D eigenvalue weighted by Crippen LogP contribution is 2.26. The average molecular weight is 349 g/mol. The molecule has 0 atom stereocenters. The molecule has 3 N–H and O–H groups in total. The van der Waals surface area contributed by atoms with Gasteiger partial charge in [-0.25, -0.2) is 0 Å². The van der Waals surface area contributed by atoms with Gasteiger partial charge in [-0.3, -0.25) is 4.79 Å². The van der Waals surface area contributed by atoms with Gasteiger partial charge in [0.2, 0.25) is 0 Å². The minimum absolute atomic E-state index is 0.158. The lowest BCUT2D eigenvalue weighted by molar-refractivity contribution is 0.102. The van der Waals surface area contributed by atoms with Crippen LogP contribution in [-0.2, 0) is 17.9 Å². The topological polar surface area (TPSA) is 64.3 Å². The Morgan fingerprint density at radius 1 is 1.24 bits per heavy atom. The van der Waals surface area contributed by atoms with Crippen LogP contribution in [0.5, 0.6) is 0 Å². The summed E-state index contributed by atoms with van der Waals surface area (Å²) in [4.78, 5) is 12.3. The molecule has 4 nitrogen and oxygen atoms in total. The number of carbonyl (C=O) groups is 1. The van der Waals surface area contributed by atoms with Crippen LogP contribution in [0.1, 0.15) is 21.5 Å². The van der Waals surface area contributed by atoms with Crippen LogP contribution in [0.4, 0.5) is 5.69 Å². The molecule has 2 aromatic carbocycles. The number of hydrogen-bond acceptors (Lipinski definition) is 3. The van der Waals surface area contributed by atoms with E-state index in [-0.39, 0.29) is 5.91 Å². The smallest absolute Gasteiger partial charge is 0.255 e. The Bertz CT molecular complexity index is 627. The molecule has 0 aliphatic carbocycles. The van der Waals surface area contributed by atoms with Gasteiger partial charge in [0.05, 0.1) is 6.61 Å². The van der Waals surface area contributed by atoms with Crippen LogP contribution in [0.2, 0.25) is 0 Å². The molecule has 0 aromatic heterocycles. The zero-order valence-corrected chi connectivity index (χ0v) is 13.3. The SMILES string of the molecule is COCc1c(Br)cccc1NC(=O)c1ccc(CN)cc1. The van der Waals surface area contributed by atoms with E-state index in [1.54, 1.807) is 19.2 Å². The lowest BCUT2D eigenvalue weighted by atomic mass is 10.1. The summed E-state index contributed by atoms with van der Waals surface area (Å²) in [5.74, 6) is -0.158. The van der Waals surface area contributed by atoms with Crippen molar-refractivity contribution < 1.29 is 9.53 Å². The quantitative estimate of drug-likeness (QED) is 0.871. The Morgan fingerprint density at radius 3 is 2.57 bits per heavy atom. The Balaban J connectivity index is 2.20. The third-order valence-corrected chi connectivity index (χ3v) is 3.85. The van der Waals surface area contributed by atoms with Crippen LogP contribution in [0.3, 0.4) is 0 Å². The maximum atomic E-state index is 12.3. The van der Waals surface area contributed by atoms with E-state index in [4.69, 9.17) is 10.5 Å². The molecular weight excluding hydrogens is 332 g/mol. The van der Waals surface area contributed by atoms with Crippen LogP contribution in [0, 0.1) is 0 Å². The number of carbonyl (C=O) groups excluding carboxylic acids is 1. The Hall–Kier alpha value is -1.69.